The third-order valence-electron chi connectivity index (χ3n) is 3.36. The minimum atomic E-state index is -0.796. The molecular formula is C18H22N2O3. The van der Waals surface area contributed by atoms with Gasteiger partial charge < -0.3 is 9.84 Å². The molecule has 1 heterocycles. The lowest BCUT2D eigenvalue weighted by Crippen LogP contribution is -2.30. The Morgan fingerprint density at radius 1 is 1.22 bits per heavy atom. The monoisotopic (exact) mass is 314 g/mol. The molecule has 5 nitrogen and oxygen atoms in total. The highest BCUT2D eigenvalue weighted by Gasteiger charge is 2.09. The normalized spacial score (nSPS) is 10.7. The summed E-state index contributed by atoms with van der Waals surface area (Å²) in [6.45, 7) is 3.99. The number of aromatic nitrogens is 1. The predicted octanol–water partition coefficient (Wildman–Crippen LogP) is 2.96. The van der Waals surface area contributed by atoms with Crippen molar-refractivity contribution in [3.05, 3.63) is 59.9 Å². The van der Waals surface area contributed by atoms with Crippen LogP contribution in [0, 0.1) is 0 Å². The molecule has 1 aromatic heterocycles. The number of rotatable bonds is 9. The van der Waals surface area contributed by atoms with E-state index in [0.717, 1.165) is 29.8 Å². The van der Waals surface area contributed by atoms with Gasteiger partial charge in [-0.05, 0) is 36.7 Å². The van der Waals surface area contributed by atoms with Gasteiger partial charge >= 0.3 is 5.97 Å². The van der Waals surface area contributed by atoms with Crippen LogP contribution in [0.2, 0.25) is 0 Å². The Morgan fingerprint density at radius 3 is 2.61 bits per heavy atom. The molecule has 0 aliphatic rings. The maximum absolute atomic E-state index is 10.9. The van der Waals surface area contributed by atoms with Crippen LogP contribution < -0.4 is 4.74 Å². The van der Waals surface area contributed by atoms with E-state index in [1.807, 2.05) is 48.2 Å². The number of ether oxygens (including phenoxy) is 1. The van der Waals surface area contributed by atoms with Crippen molar-refractivity contribution in [1.29, 1.82) is 0 Å². The number of carboxylic acids is 1. The first-order valence-electron chi connectivity index (χ1n) is 7.72. The highest BCUT2D eigenvalue weighted by Crippen LogP contribution is 2.15. The molecule has 0 aliphatic heterocycles. The molecule has 0 aliphatic carbocycles. The van der Waals surface area contributed by atoms with Gasteiger partial charge in [0, 0.05) is 24.5 Å². The molecule has 0 amide bonds. The molecule has 0 radical (unpaired) electrons. The zero-order valence-corrected chi connectivity index (χ0v) is 13.3. The van der Waals surface area contributed by atoms with Gasteiger partial charge in [-0.2, -0.15) is 0 Å². The van der Waals surface area contributed by atoms with E-state index in [4.69, 9.17) is 9.84 Å². The van der Waals surface area contributed by atoms with Crippen LogP contribution in [0.4, 0.5) is 0 Å². The Balaban J connectivity index is 1.89. The minimum absolute atomic E-state index is 0.0626. The van der Waals surface area contributed by atoms with Gasteiger partial charge in [0.05, 0.1) is 6.54 Å². The lowest BCUT2D eigenvalue weighted by Gasteiger charge is -2.19. The number of carboxylic acid groups (broad SMARTS) is 1. The second-order valence-electron chi connectivity index (χ2n) is 5.40. The van der Waals surface area contributed by atoms with Gasteiger partial charge in [-0.1, -0.05) is 25.1 Å². The standard InChI is InChI=1S/C18H22N2O3/c1-2-10-20(13-18(21)22)12-15-5-7-17(8-6-15)23-14-16-4-3-9-19-11-16/h3-9,11H,2,10,12-14H2,1H3,(H,21,22). The lowest BCUT2D eigenvalue weighted by atomic mass is 10.2. The Kier molecular flexibility index (Phi) is 6.56. The summed E-state index contributed by atoms with van der Waals surface area (Å²) in [5, 5.41) is 8.94. The topological polar surface area (TPSA) is 62.7 Å². The van der Waals surface area contributed by atoms with Crippen molar-refractivity contribution in [3.8, 4) is 5.75 Å². The first-order valence-corrected chi connectivity index (χ1v) is 7.72. The van der Waals surface area contributed by atoms with Gasteiger partial charge in [0.15, 0.2) is 0 Å². The summed E-state index contributed by atoms with van der Waals surface area (Å²) < 4.78 is 5.72. The third-order valence-corrected chi connectivity index (χ3v) is 3.36. The van der Waals surface area contributed by atoms with Crippen LogP contribution in [0.25, 0.3) is 0 Å². The molecule has 5 heteroatoms. The van der Waals surface area contributed by atoms with Crippen LogP contribution in [-0.4, -0.2) is 34.0 Å². The van der Waals surface area contributed by atoms with Gasteiger partial charge in [-0.25, -0.2) is 0 Å². The second kappa shape index (κ2) is 8.90. The minimum Gasteiger partial charge on any atom is -0.489 e. The molecule has 122 valence electrons. The molecule has 1 aromatic carbocycles. The molecule has 2 rings (SSSR count). The van der Waals surface area contributed by atoms with Crippen LogP contribution >= 0.6 is 0 Å². The second-order valence-corrected chi connectivity index (χ2v) is 5.40. The molecule has 0 bridgehead atoms. The van der Waals surface area contributed by atoms with Crippen molar-refractivity contribution in [3.63, 3.8) is 0 Å². The Bertz CT molecular complexity index is 599. The first-order chi connectivity index (χ1) is 11.2. The van der Waals surface area contributed by atoms with E-state index in [1.54, 1.807) is 12.4 Å². The van der Waals surface area contributed by atoms with Crippen molar-refractivity contribution in [2.24, 2.45) is 0 Å². The number of hydrogen-bond donors (Lipinski definition) is 1. The molecule has 1 N–H and O–H groups in total. The maximum atomic E-state index is 10.9. The Hall–Kier alpha value is -2.40. The Morgan fingerprint density at radius 2 is 2.00 bits per heavy atom. The van der Waals surface area contributed by atoms with Crippen molar-refractivity contribution in [1.82, 2.24) is 9.88 Å². The largest absolute Gasteiger partial charge is 0.489 e. The summed E-state index contributed by atoms with van der Waals surface area (Å²) in [5.41, 5.74) is 2.10. The number of nitrogens with zero attached hydrogens (tertiary/aromatic N) is 2. The molecule has 0 saturated heterocycles. The van der Waals surface area contributed by atoms with E-state index in [-0.39, 0.29) is 6.54 Å². The zero-order chi connectivity index (χ0) is 16.5. The SMILES string of the molecule is CCCN(CC(=O)O)Cc1ccc(OCc2cccnc2)cc1. The van der Waals surface area contributed by atoms with Gasteiger partial charge in [0.2, 0.25) is 0 Å². The molecular weight excluding hydrogens is 292 g/mol. The molecule has 0 unspecified atom stereocenters. The summed E-state index contributed by atoms with van der Waals surface area (Å²) in [6.07, 6.45) is 4.44. The molecule has 0 spiro atoms. The fourth-order valence-corrected chi connectivity index (χ4v) is 2.32. The summed E-state index contributed by atoms with van der Waals surface area (Å²) >= 11 is 0. The number of benzene rings is 1. The predicted molar refractivity (Wildman–Crippen MR) is 88.2 cm³/mol. The van der Waals surface area contributed by atoms with E-state index in [0.29, 0.717) is 13.2 Å². The van der Waals surface area contributed by atoms with Gasteiger partial charge in [-0.15, -0.1) is 0 Å². The molecule has 2 aromatic rings. The Labute approximate surface area is 136 Å². The number of pyridine rings is 1. The highest BCUT2D eigenvalue weighted by atomic mass is 16.5. The van der Waals surface area contributed by atoms with Gasteiger partial charge in [0.25, 0.3) is 0 Å². The van der Waals surface area contributed by atoms with Crippen LogP contribution in [0.3, 0.4) is 0 Å². The highest BCUT2D eigenvalue weighted by molar-refractivity contribution is 5.69. The van der Waals surface area contributed by atoms with E-state index in [2.05, 4.69) is 4.98 Å². The molecule has 0 saturated carbocycles. The van der Waals surface area contributed by atoms with Crippen molar-refractivity contribution in [2.45, 2.75) is 26.5 Å². The lowest BCUT2D eigenvalue weighted by molar-refractivity contribution is -0.138. The molecule has 0 atom stereocenters. The van der Waals surface area contributed by atoms with Crippen LogP contribution in [0.5, 0.6) is 5.75 Å². The van der Waals surface area contributed by atoms with Gasteiger partial charge in [-0.3, -0.25) is 14.7 Å². The summed E-state index contributed by atoms with van der Waals surface area (Å²) in [6, 6.07) is 11.6. The van der Waals surface area contributed by atoms with Crippen molar-refractivity contribution < 1.29 is 14.6 Å². The van der Waals surface area contributed by atoms with Crippen molar-refractivity contribution >= 4 is 5.97 Å². The maximum Gasteiger partial charge on any atom is 0.317 e. The third kappa shape index (κ3) is 6.08. The van der Waals surface area contributed by atoms with Crippen molar-refractivity contribution in [2.75, 3.05) is 13.1 Å². The molecule has 23 heavy (non-hydrogen) atoms. The average molecular weight is 314 g/mol. The van der Waals surface area contributed by atoms with Crippen LogP contribution in [-0.2, 0) is 17.9 Å². The number of hydrogen-bond acceptors (Lipinski definition) is 4. The van der Waals surface area contributed by atoms with E-state index in [1.165, 1.54) is 0 Å². The van der Waals surface area contributed by atoms with E-state index >= 15 is 0 Å². The number of aliphatic carboxylic acids is 1. The van der Waals surface area contributed by atoms with E-state index in [9.17, 15) is 4.79 Å². The number of carbonyl (C=O) groups is 1. The quantitative estimate of drug-likeness (QED) is 0.771. The first kappa shape index (κ1) is 17.0. The zero-order valence-electron chi connectivity index (χ0n) is 13.3. The van der Waals surface area contributed by atoms with Crippen LogP contribution in [0.1, 0.15) is 24.5 Å². The summed E-state index contributed by atoms with van der Waals surface area (Å²) in [5.74, 6) is -0.00671. The van der Waals surface area contributed by atoms with Gasteiger partial charge in [0.1, 0.15) is 12.4 Å². The fourth-order valence-electron chi connectivity index (χ4n) is 2.32. The van der Waals surface area contributed by atoms with Crippen LogP contribution in [0.15, 0.2) is 48.8 Å². The summed E-state index contributed by atoms with van der Waals surface area (Å²) in [7, 11) is 0. The molecule has 0 fully saturated rings. The smallest absolute Gasteiger partial charge is 0.317 e. The van der Waals surface area contributed by atoms with E-state index < -0.39 is 5.97 Å². The fraction of sp³-hybridized carbons (Fsp3) is 0.333. The average Bonchev–Trinajstić information content (AvgIpc) is 2.55. The summed E-state index contributed by atoms with van der Waals surface area (Å²) in [4.78, 5) is 16.9.